The van der Waals surface area contributed by atoms with Crippen LogP contribution >= 0.6 is 0 Å². The van der Waals surface area contributed by atoms with E-state index in [4.69, 9.17) is 10.5 Å². The molecular weight excluding hydrogens is 250 g/mol. The van der Waals surface area contributed by atoms with E-state index < -0.39 is 6.04 Å². The first-order chi connectivity index (χ1) is 9.77. The summed E-state index contributed by atoms with van der Waals surface area (Å²) in [5.41, 5.74) is 9.26. The number of esters is 1. The molecule has 3 heteroatoms. The highest BCUT2D eigenvalue weighted by Crippen LogP contribution is 2.26. The molecule has 1 N–H and O–H groups in total. The molecule has 20 heavy (non-hydrogen) atoms. The Morgan fingerprint density at radius 2 is 1.90 bits per heavy atom. The maximum absolute atomic E-state index is 11.8. The van der Waals surface area contributed by atoms with Crippen molar-refractivity contribution in [2.75, 3.05) is 6.61 Å². The Morgan fingerprint density at radius 3 is 2.60 bits per heavy atom. The van der Waals surface area contributed by atoms with Crippen molar-refractivity contribution in [2.45, 2.75) is 51.0 Å². The SMILES string of the molecule is [NH]C(C(=O)OCCCc1ccccc1)C1CCCCC1. The van der Waals surface area contributed by atoms with Crippen molar-refractivity contribution in [3.05, 3.63) is 35.9 Å². The predicted octanol–water partition coefficient (Wildman–Crippen LogP) is 3.39. The van der Waals surface area contributed by atoms with Gasteiger partial charge in [0.15, 0.2) is 0 Å². The second-order valence-electron chi connectivity index (χ2n) is 5.63. The molecule has 0 amide bonds. The Morgan fingerprint density at radius 1 is 1.20 bits per heavy atom. The quantitative estimate of drug-likeness (QED) is 0.589. The maximum Gasteiger partial charge on any atom is 0.324 e. The molecule has 1 radical (unpaired) electrons. The van der Waals surface area contributed by atoms with Gasteiger partial charge in [-0.05, 0) is 37.2 Å². The number of benzene rings is 1. The van der Waals surface area contributed by atoms with E-state index in [0.717, 1.165) is 38.5 Å². The average Bonchev–Trinajstić information content (AvgIpc) is 2.52. The van der Waals surface area contributed by atoms with Crippen molar-refractivity contribution in [2.24, 2.45) is 5.92 Å². The Balaban J connectivity index is 1.64. The molecule has 2 rings (SSSR count). The first-order valence-electron chi connectivity index (χ1n) is 7.69. The molecule has 0 aliphatic heterocycles. The summed E-state index contributed by atoms with van der Waals surface area (Å²) in [6, 6.07) is 9.52. The summed E-state index contributed by atoms with van der Waals surface area (Å²) in [6.07, 6.45) is 7.31. The fraction of sp³-hybridized carbons (Fsp3) is 0.588. The summed E-state index contributed by atoms with van der Waals surface area (Å²) in [4.78, 5) is 11.8. The minimum Gasteiger partial charge on any atom is -0.464 e. The highest BCUT2D eigenvalue weighted by molar-refractivity contribution is 5.75. The standard InChI is InChI=1S/C17H24NO2/c18-16(15-11-5-2-6-12-15)17(19)20-13-7-10-14-8-3-1-4-9-14/h1,3-4,8-9,15-16,18H,2,5-7,10-13H2. The van der Waals surface area contributed by atoms with Crippen LogP contribution in [-0.2, 0) is 16.0 Å². The van der Waals surface area contributed by atoms with Gasteiger partial charge >= 0.3 is 5.97 Å². The summed E-state index contributed by atoms with van der Waals surface area (Å²) < 4.78 is 5.25. The topological polar surface area (TPSA) is 50.1 Å². The number of carbonyl (C=O) groups is 1. The van der Waals surface area contributed by atoms with Crippen LogP contribution in [0.2, 0.25) is 0 Å². The smallest absolute Gasteiger partial charge is 0.324 e. The Hall–Kier alpha value is -1.35. The number of aryl methyl sites for hydroxylation is 1. The lowest BCUT2D eigenvalue weighted by Crippen LogP contribution is -2.34. The molecule has 3 nitrogen and oxygen atoms in total. The van der Waals surface area contributed by atoms with Gasteiger partial charge in [0.25, 0.3) is 0 Å². The van der Waals surface area contributed by atoms with E-state index in [9.17, 15) is 4.79 Å². The van der Waals surface area contributed by atoms with E-state index in [1.165, 1.54) is 12.0 Å². The third-order valence-electron chi connectivity index (χ3n) is 4.07. The van der Waals surface area contributed by atoms with E-state index in [1.807, 2.05) is 18.2 Å². The molecule has 1 aromatic carbocycles. The molecule has 0 bridgehead atoms. The van der Waals surface area contributed by atoms with Gasteiger partial charge in [-0.2, -0.15) is 0 Å². The van der Waals surface area contributed by atoms with Crippen molar-refractivity contribution in [3.63, 3.8) is 0 Å². The zero-order valence-corrected chi connectivity index (χ0v) is 12.0. The van der Waals surface area contributed by atoms with E-state index in [2.05, 4.69) is 12.1 Å². The second kappa shape index (κ2) is 8.05. The third-order valence-corrected chi connectivity index (χ3v) is 4.07. The molecule has 1 fully saturated rings. The lowest BCUT2D eigenvalue weighted by Gasteiger charge is -2.25. The van der Waals surface area contributed by atoms with Crippen LogP contribution in [0.5, 0.6) is 0 Å². The highest BCUT2D eigenvalue weighted by Gasteiger charge is 2.27. The molecule has 0 heterocycles. The lowest BCUT2D eigenvalue weighted by atomic mass is 9.84. The first kappa shape index (κ1) is 15.0. The largest absolute Gasteiger partial charge is 0.464 e. The molecule has 1 aliphatic rings. The fourth-order valence-electron chi connectivity index (χ4n) is 2.84. The summed E-state index contributed by atoms with van der Waals surface area (Å²) in [7, 11) is 0. The van der Waals surface area contributed by atoms with Gasteiger partial charge in [0.05, 0.1) is 6.61 Å². The first-order valence-corrected chi connectivity index (χ1v) is 7.69. The fourth-order valence-corrected chi connectivity index (χ4v) is 2.84. The maximum atomic E-state index is 11.8. The molecule has 0 saturated heterocycles. The van der Waals surface area contributed by atoms with Gasteiger partial charge in [-0.15, -0.1) is 0 Å². The molecule has 1 aliphatic carbocycles. The molecule has 0 aromatic heterocycles. The van der Waals surface area contributed by atoms with Crippen molar-refractivity contribution >= 4 is 5.97 Å². The van der Waals surface area contributed by atoms with Crippen LogP contribution < -0.4 is 5.73 Å². The zero-order valence-electron chi connectivity index (χ0n) is 12.0. The van der Waals surface area contributed by atoms with Gasteiger partial charge in [-0.1, -0.05) is 49.6 Å². The molecule has 1 atom stereocenters. The Labute approximate surface area is 121 Å². The van der Waals surface area contributed by atoms with E-state index in [-0.39, 0.29) is 11.9 Å². The minimum absolute atomic E-state index is 0.213. The highest BCUT2D eigenvalue weighted by atomic mass is 16.5. The minimum atomic E-state index is -0.674. The van der Waals surface area contributed by atoms with Crippen LogP contribution in [0.3, 0.4) is 0 Å². The Kier molecular flexibility index (Phi) is 6.06. The van der Waals surface area contributed by atoms with Crippen molar-refractivity contribution < 1.29 is 9.53 Å². The van der Waals surface area contributed by atoms with Crippen LogP contribution in [-0.4, -0.2) is 18.6 Å². The van der Waals surface area contributed by atoms with Crippen LogP contribution in [0.25, 0.3) is 0 Å². The van der Waals surface area contributed by atoms with Gasteiger partial charge < -0.3 is 4.74 Å². The Bertz CT molecular complexity index is 399. The van der Waals surface area contributed by atoms with Crippen LogP contribution in [0.4, 0.5) is 0 Å². The average molecular weight is 274 g/mol. The third kappa shape index (κ3) is 4.64. The van der Waals surface area contributed by atoms with Gasteiger partial charge in [-0.25, -0.2) is 5.73 Å². The number of nitrogens with one attached hydrogen (secondary N) is 1. The normalized spacial score (nSPS) is 17.6. The summed E-state index contributed by atoms with van der Waals surface area (Å²) in [6.45, 7) is 0.426. The molecule has 0 spiro atoms. The van der Waals surface area contributed by atoms with Crippen molar-refractivity contribution in [3.8, 4) is 0 Å². The van der Waals surface area contributed by atoms with E-state index >= 15 is 0 Å². The monoisotopic (exact) mass is 274 g/mol. The molecule has 109 valence electrons. The van der Waals surface area contributed by atoms with Crippen LogP contribution in [0.1, 0.15) is 44.1 Å². The summed E-state index contributed by atoms with van der Waals surface area (Å²) in [5.74, 6) is -0.115. The molecule has 1 saturated carbocycles. The predicted molar refractivity (Wildman–Crippen MR) is 79.2 cm³/mol. The van der Waals surface area contributed by atoms with Crippen molar-refractivity contribution in [1.82, 2.24) is 5.73 Å². The van der Waals surface area contributed by atoms with Gasteiger partial charge in [0.2, 0.25) is 0 Å². The second-order valence-corrected chi connectivity index (χ2v) is 5.63. The van der Waals surface area contributed by atoms with Gasteiger partial charge in [0, 0.05) is 0 Å². The molecular formula is C17H24NO2. The van der Waals surface area contributed by atoms with E-state index in [0.29, 0.717) is 6.61 Å². The lowest BCUT2D eigenvalue weighted by molar-refractivity contribution is -0.147. The van der Waals surface area contributed by atoms with Crippen LogP contribution in [0.15, 0.2) is 30.3 Å². The number of rotatable bonds is 6. The van der Waals surface area contributed by atoms with E-state index in [1.54, 1.807) is 0 Å². The van der Waals surface area contributed by atoms with Crippen molar-refractivity contribution in [1.29, 1.82) is 0 Å². The number of hydrogen-bond donors (Lipinski definition) is 0. The molecule has 1 unspecified atom stereocenters. The zero-order chi connectivity index (χ0) is 14.2. The molecule has 1 aromatic rings. The van der Waals surface area contributed by atoms with Gasteiger partial charge in [0.1, 0.15) is 6.04 Å². The number of hydrogen-bond acceptors (Lipinski definition) is 2. The van der Waals surface area contributed by atoms with Gasteiger partial charge in [-0.3, -0.25) is 4.79 Å². The number of carbonyl (C=O) groups excluding carboxylic acids is 1. The summed E-state index contributed by atoms with van der Waals surface area (Å²) in [5, 5.41) is 0. The van der Waals surface area contributed by atoms with Crippen LogP contribution in [0, 0.1) is 5.92 Å². The number of ether oxygens (including phenoxy) is 1. The summed E-state index contributed by atoms with van der Waals surface area (Å²) >= 11 is 0.